The van der Waals surface area contributed by atoms with Crippen LogP contribution in [0.1, 0.15) is 46.0 Å². The van der Waals surface area contributed by atoms with Crippen molar-refractivity contribution in [2.45, 2.75) is 58.2 Å². The molecule has 13 heteroatoms. The molecule has 3 aliphatic carbocycles. The zero-order chi connectivity index (χ0) is 29.7. The highest BCUT2D eigenvalue weighted by Crippen LogP contribution is 2.46. The molecule has 1 saturated heterocycles. The van der Waals surface area contributed by atoms with Crippen LogP contribution in [0.3, 0.4) is 0 Å². The van der Waals surface area contributed by atoms with E-state index in [9.17, 15) is 18.8 Å². The van der Waals surface area contributed by atoms with Gasteiger partial charge in [0.25, 0.3) is 0 Å². The molecule has 0 radical (unpaired) electrons. The van der Waals surface area contributed by atoms with E-state index in [1.54, 1.807) is 11.9 Å². The van der Waals surface area contributed by atoms with Crippen LogP contribution in [-0.2, 0) is 4.84 Å². The first kappa shape index (κ1) is 30.9. The predicted octanol–water partition coefficient (Wildman–Crippen LogP) is 4.53. The van der Waals surface area contributed by atoms with Gasteiger partial charge in [0.1, 0.15) is 17.7 Å². The van der Waals surface area contributed by atoms with E-state index in [1.807, 2.05) is 13.8 Å². The Balaban J connectivity index is 1.30. The molecule has 2 fully saturated rings. The van der Waals surface area contributed by atoms with Crippen LogP contribution in [0.15, 0.2) is 52.8 Å². The highest BCUT2D eigenvalue weighted by atomic mass is 32.2. The van der Waals surface area contributed by atoms with Gasteiger partial charge in [-0.2, -0.15) is 15.1 Å². The van der Waals surface area contributed by atoms with Crippen molar-refractivity contribution in [3.05, 3.63) is 63.5 Å². The Labute approximate surface area is 249 Å². The second-order valence-electron chi connectivity index (χ2n) is 11.5. The number of piperazine rings is 1. The summed E-state index contributed by atoms with van der Waals surface area (Å²) < 4.78 is 37.7. The lowest BCUT2D eigenvalue weighted by Crippen LogP contribution is -2.44. The topological polar surface area (TPSA) is 98.2 Å². The molecule has 1 aromatic rings. The van der Waals surface area contributed by atoms with Crippen LogP contribution in [-0.4, -0.2) is 76.8 Å². The maximum Gasteiger partial charge on any atom is 0.315 e. The number of ether oxygens (including phenoxy) is 1. The van der Waals surface area contributed by atoms with Crippen LogP contribution in [0.25, 0.3) is 5.70 Å². The average Bonchev–Trinajstić information content (AvgIpc) is 3.74. The Morgan fingerprint density at radius 1 is 1.24 bits per heavy atom. The molecular formula is C29H39F2N6O4S-. The van der Waals surface area contributed by atoms with Gasteiger partial charge in [0.15, 0.2) is 0 Å². The average molecular weight is 606 g/mol. The number of alkyl halides is 1. The maximum atomic E-state index is 14.1. The van der Waals surface area contributed by atoms with Gasteiger partial charge in [-0.15, -0.1) is 0 Å². The molecule has 42 heavy (non-hydrogen) atoms. The Morgan fingerprint density at radius 3 is 2.69 bits per heavy atom. The molecule has 0 bridgehead atoms. The van der Waals surface area contributed by atoms with Gasteiger partial charge in [0, 0.05) is 49.8 Å². The summed E-state index contributed by atoms with van der Waals surface area (Å²) in [5, 5.41) is 16.6. The van der Waals surface area contributed by atoms with Crippen molar-refractivity contribution in [1.29, 1.82) is 0 Å². The fourth-order valence-corrected chi connectivity index (χ4v) is 5.95. The van der Waals surface area contributed by atoms with Gasteiger partial charge in [0.2, 0.25) is 5.75 Å². The number of hydrogen-bond donors (Lipinski definition) is 1. The first-order valence-electron chi connectivity index (χ1n) is 14.5. The van der Waals surface area contributed by atoms with Gasteiger partial charge in [-0.1, -0.05) is 30.2 Å². The van der Waals surface area contributed by atoms with Crippen molar-refractivity contribution in [2.24, 2.45) is 5.41 Å². The molecule has 1 atom stereocenters. The number of hydrazine groups is 1. The van der Waals surface area contributed by atoms with Crippen LogP contribution >= 0.6 is 11.9 Å². The molecule has 5 rings (SSSR count). The molecular weight excluding hydrogens is 566 g/mol. The summed E-state index contributed by atoms with van der Waals surface area (Å²) in [6.45, 7) is 6.84. The van der Waals surface area contributed by atoms with E-state index in [4.69, 9.17) is 9.57 Å². The molecule has 0 aromatic carbocycles. The second kappa shape index (κ2) is 13.8. The smallest absolute Gasteiger partial charge is 0.315 e. The number of halogens is 2. The van der Waals surface area contributed by atoms with Gasteiger partial charge in [-0.3, -0.25) is 9.63 Å². The fourth-order valence-electron chi connectivity index (χ4n) is 4.98. The minimum absolute atomic E-state index is 0.0335. The number of aromatic nitrogens is 2. The van der Waals surface area contributed by atoms with E-state index in [1.165, 1.54) is 17.8 Å². The Kier molecular flexibility index (Phi) is 10.2. The van der Waals surface area contributed by atoms with Gasteiger partial charge in [-0.25, -0.2) is 18.5 Å². The third-order valence-corrected chi connectivity index (χ3v) is 8.79. The summed E-state index contributed by atoms with van der Waals surface area (Å²) in [4.78, 5) is 21.1. The normalized spacial score (nSPS) is 22.3. The van der Waals surface area contributed by atoms with Crippen LogP contribution < -0.4 is 20.6 Å². The number of rotatable bonds is 13. The second-order valence-corrected chi connectivity index (χ2v) is 12.6. The molecule has 1 N–H and O–H groups in total. The molecule has 4 aliphatic rings. The highest BCUT2D eigenvalue weighted by Gasteiger charge is 2.45. The van der Waals surface area contributed by atoms with Crippen LogP contribution in [0.5, 0.6) is 5.75 Å². The van der Waals surface area contributed by atoms with Crippen molar-refractivity contribution >= 4 is 23.3 Å². The third kappa shape index (κ3) is 8.08. The molecule has 1 aliphatic heterocycles. The minimum atomic E-state index is -1.55. The summed E-state index contributed by atoms with van der Waals surface area (Å²) in [7, 11) is 0. The van der Waals surface area contributed by atoms with Crippen molar-refractivity contribution in [3.8, 4) is 5.75 Å². The van der Waals surface area contributed by atoms with Crippen molar-refractivity contribution in [1.82, 2.24) is 24.8 Å². The molecule has 2 heterocycles. The van der Waals surface area contributed by atoms with E-state index >= 15 is 0 Å². The molecule has 230 valence electrons. The van der Waals surface area contributed by atoms with E-state index in [-0.39, 0.29) is 37.1 Å². The van der Waals surface area contributed by atoms with Crippen molar-refractivity contribution in [3.63, 3.8) is 0 Å². The van der Waals surface area contributed by atoms with Crippen molar-refractivity contribution < 1.29 is 18.4 Å². The predicted molar refractivity (Wildman–Crippen MR) is 161 cm³/mol. The van der Waals surface area contributed by atoms with E-state index in [2.05, 4.69) is 38.0 Å². The van der Waals surface area contributed by atoms with E-state index < -0.39 is 23.0 Å². The molecule has 1 unspecified atom stereocenters. The summed E-state index contributed by atoms with van der Waals surface area (Å²) in [5.74, 6) is 0.346. The number of nitrogens with one attached hydrogen (secondary N) is 1. The maximum absolute atomic E-state index is 14.1. The van der Waals surface area contributed by atoms with E-state index in [0.29, 0.717) is 24.1 Å². The summed E-state index contributed by atoms with van der Waals surface area (Å²) in [5.41, 5.74) is 3.54. The Bertz CT molecular complexity index is 1290. The summed E-state index contributed by atoms with van der Waals surface area (Å²) >= 11 is 1.80. The number of allylic oxidation sites excluding steroid dienone is 7. The van der Waals surface area contributed by atoms with Crippen LogP contribution in [0, 0.1) is 10.6 Å². The molecule has 1 aromatic heterocycles. The summed E-state index contributed by atoms with van der Waals surface area (Å²) in [6, 6.07) is -0.0799. The highest BCUT2D eigenvalue weighted by molar-refractivity contribution is 7.97. The Morgan fingerprint density at radius 2 is 2.02 bits per heavy atom. The standard InChI is InChI=1S/C29H39F2N6O4S/c1-21(2)33-37(39)41-20-29(8-9-29)19-40-27-26(17-32-36(28(27)38)25-15-23(30)14-24(31)16-25)34-10-12-35(13-11-34)42-18-22-6-4-3-5-7-22/h4,6-7,15-17,21,23,33H,3,5,8-14,18-20H2,1-2H3/q-1. The lowest BCUT2D eigenvalue weighted by atomic mass is 10.1. The SMILES string of the molecule is CC(C)NN([O-])OCC1(COc2c(N3CCN(SCC4=CCCC=C4)CC3)cnn(C3=CC(F)CC(F)=C3)c2=O)CC1. The summed E-state index contributed by atoms with van der Waals surface area (Å²) in [6.07, 6.45) is 12.4. The lowest BCUT2D eigenvalue weighted by molar-refractivity contribution is -0.178. The molecule has 10 nitrogen and oxygen atoms in total. The molecule has 0 amide bonds. The van der Waals surface area contributed by atoms with E-state index in [0.717, 1.165) is 55.3 Å². The van der Waals surface area contributed by atoms with Crippen molar-refractivity contribution in [2.75, 3.05) is 50.0 Å². The third-order valence-electron chi connectivity index (χ3n) is 7.60. The zero-order valence-corrected chi connectivity index (χ0v) is 25.0. The van der Waals surface area contributed by atoms with Gasteiger partial charge < -0.3 is 14.8 Å². The molecule has 0 spiro atoms. The first-order chi connectivity index (χ1) is 20.2. The van der Waals surface area contributed by atoms with Crippen LogP contribution in [0.2, 0.25) is 0 Å². The number of anilines is 1. The Hall–Kier alpha value is -2.55. The van der Waals surface area contributed by atoms with Gasteiger partial charge in [0.05, 0.1) is 25.1 Å². The van der Waals surface area contributed by atoms with Crippen LogP contribution in [0.4, 0.5) is 14.5 Å². The lowest BCUT2D eigenvalue weighted by Gasteiger charge is -2.36. The zero-order valence-electron chi connectivity index (χ0n) is 24.1. The molecule has 1 saturated carbocycles. The first-order valence-corrected chi connectivity index (χ1v) is 15.5. The number of hydrogen-bond acceptors (Lipinski definition) is 10. The largest absolute Gasteiger partial charge is 0.748 e. The number of nitrogens with zero attached hydrogens (tertiary/aromatic N) is 5. The van der Waals surface area contributed by atoms with Gasteiger partial charge >= 0.3 is 5.56 Å². The quantitative estimate of drug-likeness (QED) is 0.255. The van der Waals surface area contributed by atoms with Gasteiger partial charge in [-0.05, 0) is 57.3 Å². The minimum Gasteiger partial charge on any atom is -0.748 e. The monoisotopic (exact) mass is 605 g/mol. The fraction of sp³-hybridized carbons (Fsp3) is 0.586.